The van der Waals surface area contributed by atoms with Crippen molar-refractivity contribution in [2.75, 3.05) is 19.6 Å². The molecule has 0 spiro atoms. The molecule has 1 atom stereocenters. The first-order chi connectivity index (χ1) is 12.8. The highest BCUT2D eigenvalue weighted by Crippen LogP contribution is 2.23. The first-order valence-electron chi connectivity index (χ1n) is 9.63. The molecule has 3 N–H and O–H groups in total. The van der Waals surface area contributed by atoms with E-state index in [1.807, 2.05) is 27.7 Å². The number of fused-ring (bicyclic) bond motifs is 1. The van der Waals surface area contributed by atoms with Gasteiger partial charge >= 0.3 is 0 Å². The highest BCUT2D eigenvalue weighted by Gasteiger charge is 2.20. The Morgan fingerprint density at radius 3 is 2.48 bits per heavy atom. The van der Waals surface area contributed by atoms with Gasteiger partial charge in [0.25, 0.3) is 0 Å². The van der Waals surface area contributed by atoms with Gasteiger partial charge < -0.3 is 16.0 Å². The third kappa shape index (κ3) is 5.98. The van der Waals surface area contributed by atoms with Crippen LogP contribution in [0.25, 0.3) is 10.8 Å². The zero-order valence-corrected chi connectivity index (χ0v) is 17.1. The lowest BCUT2D eigenvalue weighted by atomic mass is 9.96. The summed E-state index contributed by atoms with van der Waals surface area (Å²) in [6, 6.07) is 14.9. The molecule has 2 aromatic rings. The molecule has 146 valence electrons. The molecule has 0 aliphatic rings. The van der Waals surface area contributed by atoms with Gasteiger partial charge in [-0.1, -0.05) is 63.2 Å². The normalized spacial score (nSPS) is 13.3. The predicted octanol–water partition coefficient (Wildman–Crippen LogP) is 3.62. The molecular formula is C22H32N4O. The fraction of sp³-hybridized carbons (Fsp3) is 0.455. The molecule has 0 aromatic heterocycles. The lowest BCUT2D eigenvalue weighted by molar-refractivity contribution is -0.128. The molecule has 0 heterocycles. The minimum Gasteiger partial charge on any atom is -0.357 e. The van der Waals surface area contributed by atoms with Crippen LogP contribution in [0.2, 0.25) is 0 Å². The molecule has 1 unspecified atom stereocenters. The van der Waals surface area contributed by atoms with Gasteiger partial charge in [0.1, 0.15) is 0 Å². The van der Waals surface area contributed by atoms with Crippen molar-refractivity contribution in [2.45, 2.75) is 40.7 Å². The summed E-state index contributed by atoms with van der Waals surface area (Å²) in [6.07, 6.45) is 0. The van der Waals surface area contributed by atoms with E-state index in [2.05, 4.69) is 70.3 Å². The second-order valence-corrected chi connectivity index (χ2v) is 7.70. The summed E-state index contributed by atoms with van der Waals surface area (Å²) < 4.78 is 0. The highest BCUT2D eigenvalue weighted by molar-refractivity contribution is 5.87. The van der Waals surface area contributed by atoms with E-state index in [1.165, 1.54) is 16.3 Å². The van der Waals surface area contributed by atoms with Crippen molar-refractivity contribution in [1.29, 1.82) is 0 Å². The molecule has 0 aliphatic heterocycles. The molecule has 0 bridgehead atoms. The van der Waals surface area contributed by atoms with Crippen molar-refractivity contribution >= 4 is 22.6 Å². The number of benzene rings is 2. The first kappa shape index (κ1) is 20.7. The minimum atomic E-state index is -0.380. The van der Waals surface area contributed by atoms with Crippen molar-refractivity contribution in [1.82, 2.24) is 16.0 Å². The summed E-state index contributed by atoms with van der Waals surface area (Å²) in [7, 11) is 0. The fourth-order valence-corrected chi connectivity index (χ4v) is 2.83. The molecule has 1 amide bonds. The number of aliphatic imine (C=N–C) groups is 1. The number of amides is 1. The van der Waals surface area contributed by atoms with Gasteiger partial charge in [0.05, 0.1) is 12.6 Å². The van der Waals surface area contributed by atoms with Crippen molar-refractivity contribution in [3.05, 3.63) is 48.0 Å². The monoisotopic (exact) mass is 368 g/mol. The molecule has 0 saturated heterocycles. The smallest absolute Gasteiger partial charge is 0.225 e. The van der Waals surface area contributed by atoms with Crippen molar-refractivity contribution in [2.24, 2.45) is 10.4 Å². The zero-order chi connectivity index (χ0) is 19.9. The summed E-state index contributed by atoms with van der Waals surface area (Å²) in [4.78, 5) is 16.5. The van der Waals surface area contributed by atoms with Crippen LogP contribution in [0.3, 0.4) is 0 Å². The number of hydrogen-bond acceptors (Lipinski definition) is 2. The number of hydrogen-bond donors (Lipinski definition) is 3. The number of rotatable bonds is 6. The van der Waals surface area contributed by atoms with E-state index in [9.17, 15) is 4.79 Å². The number of nitrogens with zero attached hydrogens (tertiary/aromatic N) is 1. The molecule has 5 nitrogen and oxygen atoms in total. The van der Waals surface area contributed by atoms with Gasteiger partial charge in [-0.2, -0.15) is 0 Å². The minimum absolute atomic E-state index is 0.0415. The van der Waals surface area contributed by atoms with Gasteiger partial charge in [0.15, 0.2) is 5.96 Å². The molecular weight excluding hydrogens is 336 g/mol. The van der Waals surface area contributed by atoms with Crippen molar-refractivity contribution in [3.63, 3.8) is 0 Å². The number of carbonyl (C=O) groups excluding carboxylic acids is 1. The van der Waals surface area contributed by atoms with Crippen LogP contribution in [-0.2, 0) is 4.79 Å². The second kappa shape index (κ2) is 9.40. The quantitative estimate of drug-likeness (QED) is 0.414. The summed E-state index contributed by atoms with van der Waals surface area (Å²) in [5, 5.41) is 12.2. The van der Waals surface area contributed by atoms with E-state index in [0.29, 0.717) is 13.1 Å². The Morgan fingerprint density at radius 2 is 1.78 bits per heavy atom. The first-order valence-corrected chi connectivity index (χ1v) is 9.63. The Morgan fingerprint density at radius 1 is 1.07 bits per heavy atom. The molecule has 2 rings (SSSR count). The topological polar surface area (TPSA) is 65.5 Å². The van der Waals surface area contributed by atoms with Gasteiger partial charge in [0, 0.05) is 18.5 Å². The highest BCUT2D eigenvalue weighted by atomic mass is 16.2. The average Bonchev–Trinajstić information content (AvgIpc) is 2.63. The summed E-state index contributed by atoms with van der Waals surface area (Å²) >= 11 is 0. The lowest BCUT2D eigenvalue weighted by Gasteiger charge is -2.20. The maximum Gasteiger partial charge on any atom is 0.225 e. The van der Waals surface area contributed by atoms with Crippen LogP contribution in [0, 0.1) is 5.41 Å². The predicted molar refractivity (Wildman–Crippen MR) is 114 cm³/mol. The molecule has 0 saturated carbocycles. The van der Waals surface area contributed by atoms with Gasteiger partial charge in [-0.15, -0.1) is 0 Å². The zero-order valence-electron chi connectivity index (χ0n) is 17.1. The van der Waals surface area contributed by atoms with Crippen LogP contribution in [0.4, 0.5) is 0 Å². The molecule has 2 aromatic carbocycles. The number of carbonyl (C=O) groups is 1. The maximum atomic E-state index is 11.9. The molecule has 0 aliphatic carbocycles. The summed E-state index contributed by atoms with van der Waals surface area (Å²) in [5.74, 6) is 0.794. The summed E-state index contributed by atoms with van der Waals surface area (Å²) in [6.45, 7) is 11.7. The Bertz CT molecular complexity index is 787. The van der Waals surface area contributed by atoms with Gasteiger partial charge in [-0.25, -0.2) is 0 Å². The molecule has 0 radical (unpaired) electrons. The van der Waals surface area contributed by atoms with Gasteiger partial charge in [-0.3, -0.25) is 9.79 Å². The molecule has 0 fully saturated rings. The van der Waals surface area contributed by atoms with E-state index < -0.39 is 0 Å². The SMILES string of the molecule is CCNC(=NCCNC(=O)C(C)(C)C)NC(C)c1cccc2ccccc12. The third-order valence-electron chi connectivity index (χ3n) is 4.34. The van der Waals surface area contributed by atoms with Crippen LogP contribution >= 0.6 is 0 Å². The number of guanidine groups is 1. The molecule has 27 heavy (non-hydrogen) atoms. The maximum absolute atomic E-state index is 11.9. The Labute approximate surface area is 162 Å². The van der Waals surface area contributed by atoms with E-state index in [0.717, 1.165) is 12.5 Å². The van der Waals surface area contributed by atoms with Crippen molar-refractivity contribution in [3.8, 4) is 0 Å². The van der Waals surface area contributed by atoms with Crippen molar-refractivity contribution < 1.29 is 4.79 Å². The van der Waals surface area contributed by atoms with Crippen LogP contribution in [0.1, 0.15) is 46.2 Å². The second-order valence-electron chi connectivity index (χ2n) is 7.70. The van der Waals surface area contributed by atoms with Gasteiger partial charge in [-0.05, 0) is 30.2 Å². The van der Waals surface area contributed by atoms with E-state index in [-0.39, 0.29) is 17.4 Å². The lowest BCUT2D eigenvalue weighted by Crippen LogP contribution is -2.40. The van der Waals surface area contributed by atoms with Crippen LogP contribution in [-0.4, -0.2) is 31.5 Å². The van der Waals surface area contributed by atoms with E-state index in [1.54, 1.807) is 0 Å². The van der Waals surface area contributed by atoms with Crippen LogP contribution < -0.4 is 16.0 Å². The van der Waals surface area contributed by atoms with E-state index >= 15 is 0 Å². The van der Waals surface area contributed by atoms with Crippen LogP contribution in [0.15, 0.2) is 47.5 Å². The fourth-order valence-electron chi connectivity index (χ4n) is 2.83. The van der Waals surface area contributed by atoms with E-state index in [4.69, 9.17) is 0 Å². The standard InChI is InChI=1S/C22H32N4O/c1-6-23-21(25-15-14-24-20(27)22(3,4)5)26-16(2)18-13-9-11-17-10-7-8-12-19(17)18/h7-13,16H,6,14-15H2,1-5H3,(H,24,27)(H2,23,25,26). The Hall–Kier alpha value is -2.56. The molecule has 5 heteroatoms. The Kier molecular flexibility index (Phi) is 7.22. The van der Waals surface area contributed by atoms with Gasteiger partial charge in [0.2, 0.25) is 5.91 Å². The Balaban J connectivity index is 2.03. The van der Waals surface area contributed by atoms with Crippen LogP contribution in [0.5, 0.6) is 0 Å². The number of nitrogens with one attached hydrogen (secondary N) is 3. The average molecular weight is 369 g/mol. The largest absolute Gasteiger partial charge is 0.357 e. The summed E-state index contributed by atoms with van der Waals surface area (Å²) in [5.41, 5.74) is 0.856. The third-order valence-corrected chi connectivity index (χ3v) is 4.34.